The topological polar surface area (TPSA) is 31.2 Å². The summed E-state index contributed by atoms with van der Waals surface area (Å²) < 4.78 is 6.48. The van der Waals surface area contributed by atoms with Crippen molar-refractivity contribution >= 4 is 5.97 Å². The Bertz CT molecular complexity index is 588. The molecule has 1 aromatic heterocycles. The molecule has 0 aliphatic rings. The van der Waals surface area contributed by atoms with Crippen LogP contribution in [0.2, 0.25) is 0 Å². The number of ether oxygens (including phenoxy) is 1. The zero-order valence-corrected chi connectivity index (χ0v) is 10.1. The van der Waals surface area contributed by atoms with Gasteiger partial charge in [0.25, 0.3) is 0 Å². The molecular weight excluding hydrogens is 226 g/mol. The van der Waals surface area contributed by atoms with Crippen molar-refractivity contribution in [1.29, 1.82) is 0 Å². The average Bonchev–Trinajstić information content (AvgIpc) is 2.85. The molecular formula is C15H13NO2. The Kier molecular flexibility index (Phi) is 3.83. The SMILES string of the molecule is COC(=O)C#Cc1ccn(Cc2ccccc2)c1. The standard InChI is InChI=1S/C15H13NO2/c1-18-15(17)8-7-14-9-10-16(12-14)11-13-5-3-2-4-6-13/h2-6,9-10,12H,11H2,1H3. The molecule has 0 amide bonds. The number of methoxy groups -OCH3 is 1. The third-order valence-corrected chi connectivity index (χ3v) is 2.45. The van der Waals surface area contributed by atoms with E-state index in [9.17, 15) is 4.79 Å². The van der Waals surface area contributed by atoms with Crippen LogP contribution in [0, 0.1) is 11.8 Å². The largest absolute Gasteiger partial charge is 0.459 e. The fraction of sp³-hybridized carbons (Fsp3) is 0.133. The van der Waals surface area contributed by atoms with Gasteiger partial charge >= 0.3 is 5.97 Å². The molecule has 0 unspecified atom stereocenters. The molecule has 0 atom stereocenters. The summed E-state index contributed by atoms with van der Waals surface area (Å²) >= 11 is 0. The number of carbonyl (C=O) groups excluding carboxylic acids is 1. The van der Waals surface area contributed by atoms with Crippen LogP contribution in [-0.2, 0) is 16.1 Å². The van der Waals surface area contributed by atoms with Gasteiger partial charge in [-0.1, -0.05) is 36.3 Å². The summed E-state index contributed by atoms with van der Waals surface area (Å²) in [7, 11) is 1.32. The fourth-order valence-corrected chi connectivity index (χ4v) is 1.58. The van der Waals surface area contributed by atoms with Crippen LogP contribution in [0.4, 0.5) is 0 Å². The van der Waals surface area contributed by atoms with Crippen LogP contribution in [-0.4, -0.2) is 17.6 Å². The smallest absolute Gasteiger partial charge is 0.384 e. The molecule has 18 heavy (non-hydrogen) atoms. The highest BCUT2D eigenvalue weighted by molar-refractivity contribution is 5.88. The number of rotatable bonds is 2. The van der Waals surface area contributed by atoms with E-state index in [4.69, 9.17) is 0 Å². The summed E-state index contributed by atoms with van der Waals surface area (Å²) in [6.07, 6.45) is 3.84. The van der Waals surface area contributed by atoms with Gasteiger partial charge in [-0.15, -0.1) is 0 Å². The van der Waals surface area contributed by atoms with Crippen LogP contribution < -0.4 is 0 Å². The first-order valence-electron chi connectivity index (χ1n) is 5.57. The van der Waals surface area contributed by atoms with Crippen molar-refractivity contribution in [2.75, 3.05) is 7.11 Å². The normalized spacial score (nSPS) is 9.39. The van der Waals surface area contributed by atoms with Crippen molar-refractivity contribution in [3.05, 3.63) is 59.9 Å². The van der Waals surface area contributed by atoms with Crippen molar-refractivity contribution in [1.82, 2.24) is 4.57 Å². The Morgan fingerprint density at radius 1 is 1.28 bits per heavy atom. The molecule has 0 aliphatic heterocycles. The van der Waals surface area contributed by atoms with Crippen LogP contribution in [0.3, 0.4) is 0 Å². The molecule has 1 aromatic carbocycles. The molecule has 0 fully saturated rings. The first kappa shape index (κ1) is 12.0. The van der Waals surface area contributed by atoms with Gasteiger partial charge in [0.1, 0.15) is 0 Å². The monoisotopic (exact) mass is 239 g/mol. The molecule has 0 bridgehead atoms. The van der Waals surface area contributed by atoms with Crippen molar-refractivity contribution in [3.8, 4) is 11.8 Å². The van der Waals surface area contributed by atoms with E-state index in [1.54, 1.807) is 0 Å². The zero-order valence-electron chi connectivity index (χ0n) is 10.1. The Balaban J connectivity index is 2.06. The first-order chi connectivity index (χ1) is 8.78. The summed E-state index contributed by atoms with van der Waals surface area (Å²) in [5, 5.41) is 0. The van der Waals surface area contributed by atoms with Crippen molar-refractivity contribution < 1.29 is 9.53 Å². The van der Waals surface area contributed by atoms with E-state index in [1.165, 1.54) is 12.7 Å². The number of carbonyl (C=O) groups is 1. The summed E-state index contributed by atoms with van der Waals surface area (Å²) in [5.41, 5.74) is 2.02. The van der Waals surface area contributed by atoms with Gasteiger partial charge in [-0.05, 0) is 11.6 Å². The van der Waals surface area contributed by atoms with Gasteiger partial charge in [-0.3, -0.25) is 0 Å². The highest BCUT2D eigenvalue weighted by Crippen LogP contribution is 2.05. The maximum absolute atomic E-state index is 10.9. The van der Waals surface area contributed by atoms with E-state index in [2.05, 4.69) is 28.7 Å². The van der Waals surface area contributed by atoms with Crippen molar-refractivity contribution in [3.63, 3.8) is 0 Å². The Labute approximate surface area is 106 Å². The molecule has 3 heteroatoms. The molecule has 0 aliphatic carbocycles. The molecule has 0 saturated carbocycles. The van der Waals surface area contributed by atoms with Crippen LogP contribution in [0.25, 0.3) is 0 Å². The minimum atomic E-state index is -0.522. The third-order valence-electron chi connectivity index (χ3n) is 2.45. The molecule has 2 aromatic rings. The van der Waals surface area contributed by atoms with Gasteiger partial charge in [0, 0.05) is 30.4 Å². The van der Waals surface area contributed by atoms with Gasteiger partial charge < -0.3 is 9.30 Å². The average molecular weight is 239 g/mol. The van der Waals surface area contributed by atoms with Crippen LogP contribution in [0.15, 0.2) is 48.8 Å². The maximum atomic E-state index is 10.9. The predicted molar refractivity (Wildman–Crippen MR) is 68.9 cm³/mol. The third kappa shape index (κ3) is 3.26. The number of aromatic nitrogens is 1. The number of hydrogen-bond donors (Lipinski definition) is 0. The fourth-order valence-electron chi connectivity index (χ4n) is 1.58. The molecule has 0 saturated heterocycles. The second-order valence-electron chi connectivity index (χ2n) is 3.80. The first-order valence-corrected chi connectivity index (χ1v) is 5.57. The molecule has 0 spiro atoms. The summed E-state index contributed by atoms with van der Waals surface area (Å²) in [6, 6.07) is 12.0. The van der Waals surface area contributed by atoms with E-state index in [-0.39, 0.29) is 0 Å². The summed E-state index contributed by atoms with van der Waals surface area (Å²) in [5.74, 6) is 4.64. The predicted octanol–water partition coefficient (Wildman–Crippen LogP) is 2.06. The minimum absolute atomic E-state index is 0.522. The lowest BCUT2D eigenvalue weighted by molar-refractivity contribution is -0.133. The second kappa shape index (κ2) is 5.74. The molecule has 2 rings (SSSR count). The van der Waals surface area contributed by atoms with E-state index >= 15 is 0 Å². The van der Waals surface area contributed by atoms with E-state index in [0.29, 0.717) is 0 Å². The number of benzene rings is 1. The van der Waals surface area contributed by atoms with Gasteiger partial charge in [0.2, 0.25) is 0 Å². The van der Waals surface area contributed by atoms with Gasteiger partial charge in [-0.2, -0.15) is 0 Å². The van der Waals surface area contributed by atoms with Crippen LogP contribution in [0.5, 0.6) is 0 Å². The Morgan fingerprint density at radius 3 is 2.78 bits per heavy atom. The van der Waals surface area contributed by atoms with E-state index in [0.717, 1.165) is 12.1 Å². The summed E-state index contributed by atoms with van der Waals surface area (Å²) in [4.78, 5) is 10.9. The van der Waals surface area contributed by atoms with Gasteiger partial charge in [0.15, 0.2) is 0 Å². The lowest BCUT2D eigenvalue weighted by atomic mass is 10.2. The van der Waals surface area contributed by atoms with Crippen molar-refractivity contribution in [2.45, 2.75) is 6.54 Å². The number of esters is 1. The van der Waals surface area contributed by atoms with Crippen molar-refractivity contribution in [2.24, 2.45) is 0 Å². The maximum Gasteiger partial charge on any atom is 0.384 e. The highest BCUT2D eigenvalue weighted by atomic mass is 16.5. The number of hydrogen-bond acceptors (Lipinski definition) is 2. The Morgan fingerprint density at radius 2 is 2.06 bits per heavy atom. The van der Waals surface area contributed by atoms with Crippen LogP contribution >= 0.6 is 0 Å². The highest BCUT2D eigenvalue weighted by Gasteiger charge is 1.96. The van der Waals surface area contributed by atoms with Crippen LogP contribution in [0.1, 0.15) is 11.1 Å². The lowest BCUT2D eigenvalue weighted by Crippen LogP contribution is -1.95. The number of nitrogens with zero attached hydrogens (tertiary/aromatic N) is 1. The molecule has 1 heterocycles. The van der Waals surface area contributed by atoms with Gasteiger partial charge in [-0.25, -0.2) is 4.79 Å². The van der Waals surface area contributed by atoms with Gasteiger partial charge in [0.05, 0.1) is 7.11 Å². The molecule has 0 radical (unpaired) electrons. The Hall–Kier alpha value is -2.47. The molecule has 3 nitrogen and oxygen atoms in total. The summed E-state index contributed by atoms with van der Waals surface area (Å²) in [6.45, 7) is 0.792. The zero-order chi connectivity index (χ0) is 12.8. The molecule has 0 N–H and O–H groups in total. The quantitative estimate of drug-likeness (QED) is 0.593. The minimum Gasteiger partial charge on any atom is -0.459 e. The van der Waals surface area contributed by atoms with E-state index < -0.39 is 5.97 Å². The van der Waals surface area contributed by atoms with E-state index in [1.807, 2.05) is 41.2 Å². The molecule has 90 valence electrons. The second-order valence-corrected chi connectivity index (χ2v) is 3.80. The lowest BCUT2D eigenvalue weighted by Gasteiger charge is -2.01.